The molecule has 7 nitrogen and oxygen atoms in total. The van der Waals surface area contributed by atoms with Gasteiger partial charge in [0.2, 0.25) is 5.91 Å². The number of benzene rings is 1. The highest BCUT2D eigenvalue weighted by molar-refractivity contribution is 7.90. The highest BCUT2D eigenvalue weighted by Gasteiger charge is 2.18. The first-order valence-corrected chi connectivity index (χ1v) is 10.4. The van der Waals surface area contributed by atoms with E-state index in [1.807, 2.05) is 19.1 Å². The molecule has 1 atom stereocenters. The molecule has 1 amide bonds. The summed E-state index contributed by atoms with van der Waals surface area (Å²) in [6.07, 6.45) is 3.25. The number of hydrogen-bond donors (Lipinski definition) is 3. The zero-order valence-electron chi connectivity index (χ0n) is 14.7. The zero-order chi connectivity index (χ0) is 18.3. The second-order valence-corrected chi connectivity index (χ2v) is 8.13. The Labute approximate surface area is 149 Å². The molecule has 2 rings (SSSR count). The van der Waals surface area contributed by atoms with E-state index < -0.39 is 9.84 Å². The first-order chi connectivity index (χ1) is 11.9. The lowest BCUT2D eigenvalue weighted by molar-refractivity contribution is -0.122. The topological polar surface area (TPSA) is 99.7 Å². The van der Waals surface area contributed by atoms with Crippen LogP contribution in [0.5, 0.6) is 0 Å². The fraction of sp³-hybridized carbons (Fsp3) is 0.529. The minimum absolute atomic E-state index is 0.0949. The molecule has 25 heavy (non-hydrogen) atoms. The summed E-state index contributed by atoms with van der Waals surface area (Å²) >= 11 is 0. The number of nitrogens with zero attached hydrogens (tertiary/aromatic N) is 1. The summed E-state index contributed by atoms with van der Waals surface area (Å²) in [4.78, 5) is 16.1. The molecule has 3 N–H and O–H groups in total. The number of sulfone groups is 1. The van der Waals surface area contributed by atoms with E-state index in [0.717, 1.165) is 30.9 Å². The first-order valence-electron chi connectivity index (χ1n) is 8.49. The van der Waals surface area contributed by atoms with E-state index in [2.05, 4.69) is 20.9 Å². The number of amides is 1. The van der Waals surface area contributed by atoms with Gasteiger partial charge in [0, 0.05) is 38.4 Å². The summed E-state index contributed by atoms with van der Waals surface area (Å²) in [7, 11) is -3.16. The Bertz CT molecular complexity index is 704. The summed E-state index contributed by atoms with van der Waals surface area (Å²) in [5, 5.41) is 9.39. The summed E-state index contributed by atoms with van der Waals surface area (Å²) in [5.74, 6) is 0.828. The first kappa shape index (κ1) is 19.2. The number of rotatable bonds is 6. The van der Waals surface area contributed by atoms with Crippen molar-refractivity contribution in [2.75, 3.05) is 25.9 Å². The van der Waals surface area contributed by atoms with Crippen molar-refractivity contribution in [3.05, 3.63) is 29.8 Å². The predicted molar refractivity (Wildman–Crippen MR) is 98.4 cm³/mol. The molecular formula is C17H26N4O3S. The summed E-state index contributed by atoms with van der Waals surface area (Å²) < 4.78 is 22.9. The minimum atomic E-state index is -3.16. The quantitative estimate of drug-likeness (QED) is 0.502. The van der Waals surface area contributed by atoms with E-state index in [4.69, 9.17) is 0 Å². The minimum Gasteiger partial charge on any atom is -0.357 e. The van der Waals surface area contributed by atoms with Crippen LogP contribution in [0.25, 0.3) is 0 Å². The van der Waals surface area contributed by atoms with Gasteiger partial charge < -0.3 is 16.0 Å². The monoisotopic (exact) mass is 366 g/mol. The fourth-order valence-corrected chi connectivity index (χ4v) is 3.20. The Balaban J connectivity index is 1.89. The van der Waals surface area contributed by atoms with Crippen LogP contribution in [0.2, 0.25) is 0 Å². The lowest BCUT2D eigenvalue weighted by atomic mass is 10.1. The van der Waals surface area contributed by atoms with E-state index in [9.17, 15) is 13.2 Å². The summed E-state index contributed by atoms with van der Waals surface area (Å²) in [6, 6.07) is 7.08. The Morgan fingerprint density at radius 3 is 2.60 bits per heavy atom. The van der Waals surface area contributed by atoms with Gasteiger partial charge in [0.05, 0.1) is 4.90 Å². The third-order valence-electron chi connectivity index (χ3n) is 3.97. The molecule has 8 heteroatoms. The summed E-state index contributed by atoms with van der Waals surface area (Å²) in [5.41, 5.74) is 1.04. The van der Waals surface area contributed by atoms with Crippen molar-refractivity contribution in [1.82, 2.24) is 16.0 Å². The van der Waals surface area contributed by atoms with E-state index in [1.54, 1.807) is 12.1 Å². The van der Waals surface area contributed by atoms with Crippen LogP contribution < -0.4 is 16.0 Å². The average Bonchev–Trinajstić information content (AvgIpc) is 2.57. The molecule has 1 saturated heterocycles. The number of carbonyl (C=O) groups is 1. The third kappa shape index (κ3) is 6.38. The number of hydrogen-bond acceptors (Lipinski definition) is 4. The summed E-state index contributed by atoms with van der Waals surface area (Å²) in [6.45, 7) is 3.96. The van der Waals surface area contributed by atoms with Crippen LogP contribution in [0.15, 0.2) is 34.2 Å². The van der Waals surface area contributed by atoms with Gasteiger partial charge in [0.15, 0.2) is 15.8 Å². The SMILES string of the molecule is CCNC(=NCCc1ccc(S(C)(=O)=O)cc1)NC1CCC(=O)NC1. The average molecular weight is 366 g/mol. The molecule has 1 aromatic rings. The smallest absolute Gasteiger partial charge is 0.220 e. The Morgan fingerprint density at radius 2 is 2.04 bits per heavy atom. The number of carbonyl (C=O) groups excluding carboxylic acids is 1. The molecule has 0 spiro atoms. The molecule has 1 unspecified atom stereocenters. The van der Waals surface area contributed by atoms with Gasteiger partial charge in [0.1, 0.15) is 0 Å². The van der Waals surface area contributed by atoms with Crippen LogP contribution >= 0.6 is 0 Å². The van der Waals surface area contributed by atoms with E-state index in [1.165, 1.54) is 6.26 Å². The molecular weight excluding hydrogens is 340 g/mol. The van der Waals surface area contributed by atoms with E-state index >= 15 is 0 Å². The molecule has 138 valence electrons. The van der Waals surface area contributed by atoms with Gasteiger partial charge in [-0.05, 0) is 37.5 Å². The normalized spacial score (nSPS) is 18.6. The maximum atomic E-state index is 11.5. The van der Waals surface area contributed by atoms with Crippen molar-refractivity contribution >= 4 is 21.7 Å². The van der Waals surface area contributed by atoms with Crippen LogP contribution in [0.3, 0.4) is 0 Å². The van der Waals surface area contributed by atoms with Crippen molar-refractivity contribution in [3.63, 3.8) is 0 Å². The van der Waals surface area contributed by atoms with Crippen LogP contribution in [0.1, 0.15) is 25.3 Å². The van der Waals surface area contributed by atoms with Gasteiger partial charge in [-0.25, -0.2) is 8.42 Å². The number of aliphatic imine (C=N–C) groups is 1. The van der Waals surface area contributed by atoms with Crippen molar-refractivity contribution in [2.45, 2.75) is 37.1 Å². The molecule has 1 aromatic carbocycles. The number of nitrogens with one attached hydrogen (secondary N) is 3. The molecule has 1 aliphatic heterocycles. The van der Waals surface area contributed by atoms with Crippen LogP contribution in [-0.4, -0.2) is 52.2 Å². The maximum absolute atomic E-state index is 11.5. The second-order valence-electron chi connectivity index (χ2n) is 6.11. The van der Waals surface area contributed by atoms with E-state index in [-0.39, 0.29) is 11.9 Å². The Morgan fingerprint density at radius 1 is 1.32 bits per heavy atom. The fourth-order valence-electron chi connectivity index (χ4n) is 2.57. The van der Waals surface area contributed by atoms with Gasteiger partial charge in [0.25, 0.3) is 0 Å². The van der Waals surface area contributed by atoms with Gasteiger partial charge in [-0.15, -0.1) is 0 Å². The molecule has 1 heterocycles. The van der Waals surface area contributed by atoms with Gasteiger partial charge in [-0.1, -0.05) is 12.1 Å². The zero-order valence-corrected chi connectivity index (χ0v) is 15.5. The molecule has 0 radical (unpaired) electrons. The standard InChI is InChI=1S/C17H26N4O3S/c1-3-18-17(21-14-6-9-16(22)20-12-14)19-11-10-13-4-7-15(8-5-13)25(2,23)24/h4-5,7-8,14H,3,6,9-12H2,1-2H3,(H,20,22)(H2,18,19,21). The molecule has 0 bridgehead atoms. The van der Waals surface area contributed by atoms with Crippen molar-refractivity contribution in [2.24, 2.45) is 4.99 Å². The van der Waals surface area contributed by atoms with Crippen molar-refractivity contribution in [1.29, 1.82) is 0 Å². The van der Waals surface area contributed by atoms with Crippen molar-refractivity contribution < 1.29 is 13.2 Å². The number of guanidine groups is 1. The predicted octanol–water partition coefficient (Wildman–Crippen LogP) is 0.466. The van der Waals surface area contributed by atoms with Gasteiger partial charge in [-0.3, -0.25) is 9.79 Å². The van der Waals surface area contributed by atoms with Gasteiger partial charge in [-0.2, -0.15) is 0 Å². The third-order valence-corrected chi connectivity index (χ3v) is 5.10. The maximum Gasteiger partial charge on any atom is 0.220 e. The highest BCUT2D eigenvalue weighted by Crippen LogP contribution is 2.10. The highest BCUT2D eigenvalue weighted by atomic mass is 32.2. The van der Waals surface area contributed by atoms with Crippen molar-refractivity contribution in [3.8, 4) is 0 Å². The Kier molecular flexibility index (Phi) is 6.81. The number of piperidine rings is 1. The second kappa shape index (κ2) is 8.84. The van der Waals surface area contributed by atoms with Crippen LogP contribution in [0.4, 0.5) is 0 Å². The Hall–Kier alpha value is -2.09. The lowest BCUT2D eigenvalue weighted by Gasteiger charge is -2.25. The van der Waals surface area contributed by atoms with Crippen LogP contribution in [-0.2, 0) is 21.1 Å². The molecule has 0 aliphatic carbocycles. The molecule has 0 saturated carbocycles. The molecule has 0 aromatic heterocycles. The largest absolute Gasteiger partial charge is 0.357 e. The van der Waals surface area contributed by atoms with E-state index in [0.29, 0.717) is 24.4 Å². The van der Waals surface area contributed by atoms with Crippen LogP contribution in [0, 0.1) is 0 Å². The molecule has 1 aliphatic rings. The van der Waals surface area contributed by atoms with Gasteiger partial charge >= 0.3 is 0 Å². The lowest BCUT2D eigenvalue weighted by Crippen LogP contribution is -2.51. The molecule has 1 fully saturated rings.